The third-order valence-electron chi connectivity index (χ3n) is 5.25. The number of aromatic nitrogens is 1. The summed E-state index contributed by atoms with van der Waals surface area (Å²) < 4.78 is 28.3. The second-order valence-corrected chi connectivity index (χ2v) is 9.78. The normalized spacial score (nSPS) is 16.8. The minimum Gasteiger partial charge on any atom is -0.241 e. The van der Waals surface area contributed by atoms with Crippen molar-refractivity contribution in [1.82, 2.24) is 3.97 Å². The molecule has 0 bridgehead atoms. The van der Waals surface area contributed by atoms with Crippen LogP contribution in [0.25, 0.3) is 11.3 Å². The molecule has 2 aromatic heterocycles. The van der Waals surface area contributed by atoms with Crippen LogP contribution in [0.15, 0.2) is 46.1 Å². The van der Waals surface area contributed by atoms with Crippen molar-refractivity contribution in [2.24, 2.45) is 0 Å². The number of halogens is 1. The van der Waals surface area contributed by atoms with Crippen molar-refractivity contribution in [3.63, 3.8) is 0 Å². The lowest BCUT2D eigenvalue weighted by molar-refractivity contribution is 0.586. The summed E-state index contributed by atoms with van der Waals surface area (Å²) in [5, 5.41) is 4.54. The fourth-order valence-corrected chi connectivity index (χ4v) is 6.41. The van der Waals surface area contributed by atoms with E-state index in [1.54, 1.807) is 29.5 Å². The molecule has 1 aromatic carbocycles. The van der Waals surface area contributed by atoms with Gasteiger partial charge in [-0.15, -0.1) is 0 Å². The predicted molar refractivity (Wildman–Crippen MR) is 108 cm³/mol. The van der Waals surface area contributed by atoms with Crippen LogP contribution >= 0.6 is 22.9 Å². The van der Waals surface area contributed by atoms with E-state index in [-0.39, 0.29) is 4.90 Å². The van der Waals surface area contributed by atoms with Gasteiger partial charge in [0.25, 0.3) is 10.0 Å². The maximum atomic E-state index is 13.4. The molecule has 2 heterocycles. The summed E-state index contributed by atoms with van der Waals surface area (Å²) in [6.07, 6.45) is 4.89. The first-order chi connectivity index (χ1) is 12.4. The summed E-state index contributed by atoms with van der Waals surface area (Å²) in [5.74, 6) is 0.429. The summed E-state index contributed by atoms with van der Waals surface area (Å²) in [5.41, 5.74) is 5.31. The summed E-state index contributed by atoms with van der Waals surface area (Å²) in [4.78, 5) is 0.223. The molecular weight excluding hydrogens is 386 g/mol. The zero-order valence-corrected chi connectivity index (χ0v) is 17.1. The van der Waals surface area contributed by atoms with Crippen LogP contribution in [-0.4, -0.2) is 12.4 Å². The van der Waals surface area contributed by atoms with E-state index < -0.39 is 10.0 Å². The zero-order chi connectivity index (χ0) is 18.5. The van der Waals surface area contributed by atoms with Crippen molar-refractivity contribution in [3.05, 3.63) is 62.9 Å². The standard InChI is InChI=1S/C20H20ClNO2S2/c1-3-14-7-8-17-18(14)10-22(20(17)19-12-25-11-13(19)2)26(23,24)16-6-4-5-15(21)9-16/h4-6,9-12,14H,3,7-8H2,1-2H3. The molecule has 26 heavy (non-hydrogen) atoms. The summed E-state index contributed by atoms with van der Waals surface area (Å²) in [7, 11) is -3.71. The highest BCUT2D eigenvalue weighted by molar-refractivity contribution is 7.90. The zero-order valence-electron chi connectivity index (χ0n) is 14.7. The largest absolute Gasteiger partial charge is 0.268 e. The van der Waals surface area contributed by atoms with E-state index >= 15 is 0 Å². The first-order valence-corrected chi connectivity index (χ1v) is 11.5. The van der Waals surface area contributed by atoms with Crippen molar-refractivity contribution < 1.29 is 8.42 Å². The average Bonchev–Trinajstić information content (AvgIpc) is 3.29. The minimum absolute atomic E-state index is 0.223. The van der Waals surface area contributed by atoms with Crippen LogP contribution in [0.4, 0.5) is 0 Å². The number of fused-ring (bicyclic) bond motifs is 1. The molecule has 0 aliphatic heterocycles. The number of benzene rings is 1. The van der Waals surface area contributed by atoms with Crippen LogP contribution < -0.4 is 0 Å². The number of aryl methyl sites for hydroxylation is 1. The summed E-state index contributed by atoms with van der Waals surface area (Å²) in [6, 6.07) is 6.49. The maximum absolute atomic E-state index is 13.4. The van der Waals surface area contributed by atoms with Crippen molar-refractivity contribution in [1.29, 1.82) is 0 Å². The van der Waals surface area contributed by atoms with E-state index in [1.165, 1.54) is 21.2 Å². The highest BCUT2D eigenvalue weighted by atomic mass is 35.5. The van der Waals surface area contributed by atoms with Crippen LogP contribution in [0.2, 0.25) is 5.02 Å². The van der Waals surface area contributed by atoms with E-state index in [9.17, 15) is 8.42 Å². The molecule has 1 unspecified atom stereocenters. The van der Waals surface area contributed by atoms with Crippen molar-refractivity contribution in [2.75, 3.05) is 0 Å². The molecule has 0 N–H and O–H groups in total. The molecule has 1 atom stereocenters. The molecule has 0 amide bonds. The van der Waals surface area contributed by atoms with Gasteiger partial charge in [-0.1, -0.05) is 24.6 Å². The second-order valence-electron chi connectivity index (χ2n) is 6.78. The molecule has 4 rings (SSSR count). The van der Waals surface area contributed by atoms with E-state index in [4.69, 9.17) is 11.6 Å². The Hall–Kier alpha value is -1.56. The molecule has 0 saturated heterocycles. The van der Waals surface area contributed by atoms with Gasteiger partial charge in [0, 0.05) is 22.2 Å². The van der Waals surface area contributed by atoms with E-state index in [0.29, 0.717) is 10.9 Å². The van der Waals surface area contributed by atoms with Gasteiger partial charge in [0.2, 0.25) is 0 Å². The molecule has 136 valence electrons. The van der Waals surface area contributed by atoms with E-state index in [2.05, 4.69) is 12.3 Å². The van der Waals surface area contributed by atoms with Crippen molar-refractivity contribution in [3.8, 4) is 11.3 Å². The molecule has 6 heteroatoms. The Balaban J connectivity index is 1.99. The van der Waals surface area contributed by atoms with Gasteiger partial charge in [-0.05, 0) is 72.4 Å². The fraction of sp³-hybridized carbons (Fsp3) is 0.300. The van der Waals surface area contributed by atoms with Gasteiger partial charge in [0.1, 0.15) is 0 Å². The highest BCUT2D eigenvalue weighted by Gasteiger charge is 2.32. The number of thiophene rings is 1. The number of hydrogen-bond donors (Lipinski definition) is 0. The average molecular weight is 406 g/mol. The second kappa shape index (κ2) is 6.55. The van der Waals surface area contributed by atoms with Crippen LogP contribution in [0, 0.1) is 6.92 Å². The van der Waals surface area contributed by atoms with Gasteiger partial charge in [-0.25, -0.2) is 12.4 Å². The molecular formula is C20H20ClNO2S2. The quantitative estimate of drug-likeness (QED) is 0.545. The van der Waals surface area contributed by atoms with Gasteiger partial charge < -0.3 is 0 Å². The lowest BCUT2D eigenvalue weighted by Gasteiger charge is -2.13. The van der Waals surface area contributed by atoms with Crippen LogP contribution in [0.5, 0.6) is 0 Å². The monoisotopic (exact) mass is 405 g/mol. The predicted octanol–water partition coefficient (Wildman–Crippen LogP) is 5.86. The highest BCUT2D eigenvalue weighted by Crippen LogP contribution is 2.44. The number of rotatable bonds is 4. The third kappa shape index (κ3) is 2.73. The lowest BCUT2D eigenvalue weighted by atomic mass is 10.0. The van der Waals surface area contributed by atoms with Gasteiger partial charge in [-0.3, -0.25) is 0 Å². The maximum Gasteiger partial charge on any atom is 0.268 e. The Kier molecular flexibility index (Phi) is 4.49. The first kappa shape index (κ1) is 17.8. The van der Waals surface area contributed by atoms with E-state index in [0.717, 1.165) is 36.1 Å². The van der Waals surface area contributed by atoms with Crippen LogP contribution in [-0.2, 0) is 16.4 Å². The number of hydrogen-bond acceptors (Lipinski definition) is 3. The van der Waals surface area contributed by atoms with Gasteiger partial charge >= 0.3 is 0 Å². The first-order valence-electron chi connectivity index (χ1n) is 8.72. The SMILES string of the molecule is CCC1CCc2c1cn(S(=O)(=O)c1cccc(Cl)c1)c2-c1cscc1C. The Morgan fingerprint density at radius 1 is 1.31 bits per heavy atom. The molecule has 3 aromatic rings. The molecule has 1 aliphatic carbocycles. The topological polar surface area (TPSA) is 39.1 Å². The Morgan fingerprint density at radius 2 is 2.12 bits per heavy atom. The summed E-state index contributed by atoms with van der Waals surface area (Å²) in [6.45, 7) is 4.20. The van der Waals surface area contributed by atoms with Crippen LogP contribution in [0.1, 0.15) is 42.4 Å². The molecule has 0 saturated carbocycles. The Morgan fingerprint density at radius 3 is 2.77 bits per heavy atom. The molecule has 0 radical (unpaired) electrons. The molecule has 0 spiro atoms. The molecule has 0 fully saturated rings. The smallest absolute Gasteiger partial charge is 0.241 e. The summed E-state index contributed by atoms with van der Waals surface area (Å²) >= 11 is 7.66. The Labute approximate surface area is 163 Å². The minimum atomic E-state index is -3.71. The van der Waals surface area contributed by atoms with Gasteiger partial charge in [0.05, 0.1) is 10.6 Å². The van der Waals surface area contributed by atoms with Crippen molar-refractivity contribution >= 4 is 33.0 Å². The number of nitrogens with zero attached hydrogens (tertiary/aromatic N) is 1. The lowest BCUT2D eigenvalue weighted by Crippen LogP contribution is -2.14. The van der Waals surface area contributed by atoms with Crippen LogP contribution in [0.3, 0.4) is 0 Å². The van der Waals surface area contributed by atoms with Gasteiger partial charge in [0.15, 0.2) is 0 Å². The van der Waals surface area contributed by atoms with Crippen molar-refractivity contribution in [2.45, 2.75) is 43.9 Å². The third-order valence-corrected chi connectivity index (χ3v) is 8.00. The van der Waals surface area contributed by atoms with E-state index in [1.807, 2.05) is 18.5 Å². The molecule has 3 nitrogen and oxygen atoms in total. The van der Waals surface area contributed by atoms with Gasteiger partial charge in [-0.2, -0.15) is 11.3 Å². The Bertz CT molecular complexity index is 1080. The fourth-order valence-electron chi connectivity index (χ4n) is 3.87. The molecule has 1 aliphatic rings.